The highest BCUT2D eigenvalue weighted by Gasteiger charge is 2.00. The Bertz CT molecular complexity index is 308. The topological polar surface area (TPSA) is 37.3 Å². The molecule has 0 unspecified atom stereocenters. The summed E-state index contributed by atoms with van der Waals surface area (Å²) in [5.74, 6) is -0.915. The SMILES string of the molecule is O=C(O)C1=CC=CC(Br)=CC=C1. The maximum absolute atomic E-state index is 10.5. The molecule has 0 heterocycles. The molecule has 0 radical (unpaired) electrons. The summed E-state index contributed by atoms with van der Waals surface area (Å²) >= 11 is 3.28. The first-order chi connectivity index (χ1) is 5.70. The third kappa shape index (κ3) is 2.51. The summed E-state index contributed by atoms with van der Waals surface area (Å²) in [7, 11) is 0. The van der Waals surface area contributed by atoms with Crippen LogP contribution in [0.4, 0.5) is 0 Å². The van der Waals surface area contributed by atoms with Gasteiger partial charge < -0.3 is 5.11 Å². The third-order valence-corrected chi connectivity index (χ3v) is 1.84. The zero-order valence-electron chi connectivity index (χ0n) is 6.20. The molecule has 1 N–H and O–H groups in total. The van der Waals surface area contributed by atoms with Gasteiger partial charge >= 0.3 is 5.97 Å². The normalized spacial score (nSPS) is 16.1. The van der Waals surface area contributed by atoms with E-state index in [1.54, 1.807) is 36.5 Å². The molecule has 62 valence electrons. The second kappa shape index (κ2) is 4.07. The van der Waals surface area contributed by atoms with Crippen LogP contribution in [0.1, 0.15) is 0 Å². The van der Waals surface area contributed by atoms with Gasteiger partial charge in [0.1, 0.15) is 0 Å². The van der Waals surface area contributed by atoms with Crippen molar-refractivity contribution in [1.29, 1.82) is 0 Å². The predicted molar refractivity (Wildman–Crippen MR) is 51.0 cm³/mol. The van der Waals surface area contributed by atoms with Crippen LogP contribution in [0.25, 0.3) is 0 Å². The summed E-state index contributed by atoms with van der Waals surface area (Å²) in [5.41, 5.74) is 0.280. The van der Waals surface area contributed by atoms with Gasteiger partial charge in [-0.2, -0.15) is 0 Å². The number of allylic oxidation sites excluding steroid dienone is 6. The molecule has 3 heteroatoms. The number of carboxylic acids is 1. The number of rotatable bonds is 1. The molecule has 1 rings (SSSR count). The van der Waals surface area contributed by atoms with E-state index < -0.39 is 5.97 Å². The fourth-order valence-electron chi connectivity index (χ4n) is 0.741. The van der Waals surface area contributed by atoms with Crippen LogP contribution in [-0.4, -0.2) is 11.1 Å². The first kappa shape index (κ1) is 9.00. The minimum absolute atomic E-state index is 0.280. The molecule has 0 aliphatic heterocycles. The number of aliphatic carboxylic acids is 1. The van der Waals surface area contributed by atoms with E-state index in [0.29, 0.717) is 0 Å². The molecule has 1 aliphatic carbocycles. The van der Waals surface area contributed by atoms with Crippen molar-refractivity contribution in [2.45, 2.75) is 0 Å². The zero-order valence-corrected chi connectivity index (χ0v) is 7.78. The quantitative estimate of drug-likeness (QED) is 0.746. The third-order valence-electron chi connectivity index (χ3n) is 1.31. The van der Waals surface area contributed by atoms with Gasteiger partial charge in [-0.25, -0.2) is 4.79 Å². The average Bonchev–Trinajstić information content (AvgIpc) is 1.95. The monoisotopic (exact) mass is 226 g/mol. The molecule has 0 aromatic carbocycles. The second-order valence-corrected chi connectivity index (χ2v) is 3.11. The maximum Gasteiger partial charge on any atom is 0.335 e. The van der Waals surface area contributed by atoms with Crippen LogP contribution in [-0.2, 0) is 4.79 Å². The van der Waals surface area contributed by atoms with Crippen LogP contribution in [0.2, 0.25) is 0 Å². The summed E-state index contributed by atoms with van der Waals surface area (Å²) in [4.78, 5) is 10.5. The Morgan fingerprint density at radius 2 is 1.92 bits per heavy atom. The maximum atomic E-state index is 10.5. The van der Waals surface area contributed by atoms with Crippen molar-refractivity contribution in [3.05, 3.63) is 46.5 Å². The number of hydrogen-bond donors (Lipinski definition) is 1. The molecule has 0 aromatic rings. The summed E-state index contributed by atoms with van der Waals surface area (Å²) in [6, 6.07) is 0. The van der Waals surface area contributed by atoms with Gasteiger partial charge in [0, 0.05) is 4.48 Å². The lowest BCUT2D eigenvalue weighted by Gasteiger charge is -1.94. The molecule has 2 nitrogen and oxygen atoms in total. The molecular weight excluding hydrogens is 220 g/mol. The van der Waals surface area contributed by atoms with Crippen molar-refractivity contribution >= 4 is 21.9 Å². The van der Waals surface area contributed by atoms with Gasteiger partial charge in [-0.15, -0.1) is 0 Å². The molecule has 0 atom stereocenters. The van der Waals surface area contributed by atoms with Gasteiger partial charge in [-0.1, -0.05) is 28.1 Å². The van der Waals surface area contributed by atoms with E-state index in [1.807, 2.05) is 0 Å². The Labute approximate surface area is 78.7 Å². The summed E-state index contributed by atoms with van der Waals surface area (Å²) in [6.45, 7) is 0. The van der Waals surface area contributed by atoms with Crippen molar-refractivity contribution < 1.29 is 9.90 Å². The summed E-state index contributed by atoms with van der Waals surface area (Å²) < 4.78 is 0.916. The summed E-state index contributed by atoms with van der Waals surface area (Å²) in [5, 5.41) is 8.64. The van der Waals surface area contributed by atoms with Crippen molar-refractivity contribution in [2.24, 2.45) is 0 Å². The molecular formula is C9H7BrO2. The van der Waals surface area contributed by atoms with E-state index in [1.165, 1.54) is 0 Å². The zero-order chi connectivity index (χ0) is 8.97. The Morgan fingerprint density at radius 3 is 2.58 bits per heavy atom. The Balaban J connectivity index is 2.91. The lowest BCUT2D eigenvalue weighted by molar-refractivity contribution is -0.132. The molecule has 0 saturated heterocycles. The Kier molecular flexibility index (Phi) is 3.05. The predicted octanol–water partition coefficient (Wildman–Crippen LogP) is 2.40. The molecule has 1 aliphatic rings. The van der Waals surface area contributed by atoms with E-state index in [4.69, 9.17) is 5.11 Å². The Morgan fingerprint density at radius 1 is 1.25 bits per heavy atom. The van der Waals surface area contributed by atoms with Crippen LogP contribution in [0.15, 0.2) is 46.5 Å². The highest BCUT2D eigenvalue weighted by Crippen LogP contribution is 2.10. The van der Waals surface area contributed by atoms with Crippen molar-refractivity contribution in [3.8, 4) is 0 Å². The van der Waals surface area contributed by atoms with Crippen LogP contribution in [0.3, 0.4) is 0 Å². The first-order valence-electron chi connectivity index (χ1n) is 3.35. The van der Waals surface area contributed by atoms with Crippen molar-refractivity contribution in [2.75, 3.05) is 0 Å². The molecule has 0 saturated carbocycles. The van der Waals surface area contributed by atoms with Crippen LogP contribution >= 0.6 is 15.9 Å². The van der Waals surface area contributed by atoms with Gasteiger partial charge in [0.2, 0.25) is 0 Å². The van der Waals surface area contributed by atoms with Crippen LogP contribution in [0.5, 0.6) is 0 Å². The van der Waals surface area contributed by atoms with E-state index in [2.05, 4.69) is 15.9 Å². The molecule has 0 amide bonds. The van der Waals surface area contributed by atoms with Gasteiger partial charge in [0.05, 0.1) is 5.57 Å². The largest absolute Gasteiger partial charge is 0.478 e. The average molecular weight is 227 g/mol. The minimum Gasteiger partial charge on any atom is -0.478 e. The Hall–Kier alpha value is -1.09. The molecule has 0 aromatic heterocycles. The van der Waals surface area contributed by atoms with Gasteiger partial charge in [-0.05, 0) is 24.3 Å². The molecule has 0 spiro atoms. The number of hydrogen-bond acceptors (Lipinski definition) is 1. The van der Waals surface area contributed by atoms with Crippen molar-refractivity contribution in [1.82, 2.24) is 0 Å². The second-order valence-electron chi connectivity index (χ2n) is 2.20. The van der Waals surface area contributed by atoms with E-state index >= 15 is 0 Å². The first-order valence-corrected chi connectivity index (χ1v) is 4.15. The molecule has 12 heavy (non-hydrogen) atoms. The number of halogens is 1. The van der Waals surface area contributed by atoms with E-state index in [0.717, 1.165) is 4.48 Å². The lowest BCUT2D eigenvalue weighted by atomic mass is 10.2. The highest BCUT2D eigenvalue weighted by molar-refractivity contribution is 9.11. The highest BCUT2D eigenvalue weighted by atomic mass is 79.9. The smallest absolute Gasteiger partial charge is 0.335 e. The van der Waals surface area contributed by atoms with Crippen LogP contribution < -0.4 is 0 Å². The van der Waals surface area contributed by atoms with Gasteiger partial charge in [0.25, 0.3) is 0 Å². The molecule has 0 bridgehead atoms. The van der Waals surface area contributed by atoms with Gasteiger partial charge in [-0.3, -0.25) is 0 Å². The standard InChI is InChI=1S/C9H7BrO2/c10-8-5-1-3-7(9(11)12)4-2-6-8/h1-6H,(H,11,12). The number of carboxylic acid groups (broad SMARTS) is 1. The summed E-state index contributed by atoms with van der Waals surface area (Å²) in [6.07, 6.45) is 10.0. The minimum atomic E-state index is -0.915. The van der Waals surface area contributed by atoms with Crippen molar-refractivity contribution in [3.63, 3.8) is 0 Å². The lowest BCUT2D eigenvalue weighted by Crippen LogP contribution is -1.96. The van der Waals surface area contributed by atoms with E-state index in [9.17, 15) is 4.79 Å². The van der Waals surface area contributed by atoms with Crippen LogP contribution in [0, 0.1) is 0 Å². The fraction of sp³-hybridized carbons (Fsp3) is 0. The fourth-order valence-corrected chi connectivity index (χ4v) is 1.05. The molecule has 0 fully saturated rings. The van der Waals surface area contributed by atoms with E-state index in [-0.39, 0.29) is 5.57 Å². The number of carbonyl (C=O) groups is 1. The van der Waals surface area contributed by atoms with Gasteiger partial charge in [0.15, 0.2) is 0 Å².